The van der Waals surface area contributed by atoms with Crippen molar-refractivity contribution in [3.8, 4) is 5.75 Å². The van der Waals surface area contributed by atoms with Gasteiger partial charge in [0.15, 0.2) is 0 Å². The Hall–Kier alpha value is -2.08. The molecule has 1 N–H and O–H groups in total. The molecule has 4 nitrogen and oxygen atoms in total. The molecule has 1 aromatic carbocycles. The third kappa shape index (κ3) is 3.47. The lowest BCUT2D eigenvalue weighted by atomic mass is 10.2. The van der Waals surface area contributed by atoms with Crippen LogP contribution < -0.4 is 10.1 Å². The Morgan fingerprint density at radius 3 is 3.09 bits per heavy atom. The predicted molar refractivity (Wildman–Crippen MR) is 89.4 cm³/mol. The molecule has 0 aliphatic carbocycles. The van der Waals surface area contributed by atoms with Gasteiger partial charge in [-0.1, -0.05) is 6.07 Å². The quantitative estimate of drug-likeness (QED) is 0.907. The predicted octanol–water partition coefficient (Wildman–Crippen LogP) is 3.67. The maximum atomic E-state index is 13.2. The van der Waals surface area contributed by atoms with Crippen LogP contribution in [0.15, 0.2) is 35.7 Å². The second kappa shape index (κ2) is 7.00. The molecule has 6 heteroatoms. The average Bonchev–Trinajstić information content (AvgIpc) is 3.23. The van der Waals surface area contributed by atoms with Crippen molar-refractivity contribution in [2.45, 2.75) is 18.9 Å². The number of carbonyl (C=O) groups is 1. The Kier molecular flexibility index (Phi) is 4.81. The van der Waals surface area contributed by atoms with Crippen LogP contribution in [0.4, 0.5) is 10.1 Å². The van der Waals surface area contributed by atoms with E-state index in [9.17, 15) is 9.18 Å². The minimum absolute atomic E-state index is 0.0484. The summed E-state index contributed by atoms with van der Waals surface area (Å²) >= 11 is 1.69. The first-order valence-electron chi connectivity index (χ1n) is 7.59. The van der Waals surface area contributed by atoms with Crippen LogP contribution in [0.2, 0.25) is 0 Å². The van der Waals surface area contributed by atoms with Crippen LogP contribution in [-0.2, 0) is 4.79 Å². The molecule has 1 unspecified atom stereocenters. The standard InChI is InChI=1S/C17H19FN2O2S/c1-22-15-10-12(18)6-7-13(15)19-11-17(21)20-8-2-4-14(20)16-5-3-9-23-16/h3,5-7,9-10,14,19H,2,4,8,11H2,1H3. The van der Waals surface area contributed by atoms with Gasteiger partial charge in [0.25, 0.3) is 0 Å². The number of amides is 1. The van der Waals surface area contributed by atoms with Gasteiger partial charge in [-0.3, -0.25) is 4.79 Å². The first-order valence-corrected chi connectivity index (χ1v) is 8.47. The lowest BCUT2D eigenvalue weighted by molar-refractivity contribution is -0.130. The van der Waals surface area contributed by atoms with Crippen LogP contribution in [0.5, 0.6) is 5.75 Å². The summed E-state index contributed by atoms with van der Waals surface area (Å²) in [7, 11) is 1.48. The summed E-state index contributed by atoms with van der Waals surface area (Å²) < 4.78 is 18.3. The molecule has 0 bridgehead atoms. The van der Waals surface area contributed by atoms with Gasteiger partial charge >= 0.3 is 0 Å². The molecule has 1 amide bonds. The first kappa shape index (κ1) is 15.8. The highest BCUT2D eigenvalue weighted by Gasteiger charge is 2.30. The van der Waals surface area contributed by atoms with E-state index in [4.69, 9.17) is 4.74 Å². The van der Waals surface area contributed by atoms with Gasteiger partial charge in [0.2, 0.25) is 5.91 Å². The number of hydrogen-bond acceptors (Lipinski definition) is 4. The van der Waals surface area contributed by atoms with Crippen molar-refractivity contribution in [2.24, 2.45) is 0 Å². The number of anilines is 1. The molecular weight excluding hydrogens is 315 g/mol. The van der Waals surface area contributed by atoms with Crippen LogP contribution in [-0.4, -0.2) is 31.0 Å². The van der Waals surface area contributed by atoms with Gasteiger partial charge in [-0.15, -0.1) is 11.3 Å². The van der Waals surface area contributed by atoms with Gasteiger partial charge in [-0.2, -0.15) is 0 Å². The number of ether oxygens (including phenoxy) is 1. The van der Waals surface area contributed by atoms with Crippen molar-refractivity contribution in [3.05, 3.63) is 46.4 Å². The van der Waals surface area contributed by atoms with E-state index in [1.807, 2.05) is 16.3 Å². The maximum absolute atomic E-state index is 13.2. The van der Waals surface area contributed by atoms with Crippen molar-refractivity contribution in [2.75, 3.05) is 25.5 Å². The third-order valence-corrected chi connectivity index (χ3v) is 5.01. The molecule has 1 fully saturated rings. The van der Waals surface area contributed by atoms with Crippen LogP contribution in [0.1, 0.15) is 23.8 Å². The van der Waals surface area contributed by atoms with Crippen LogP contribution >= 0.6 is 11.3 Å². The lowest BCUT2D eigenvalue weighted by Gasteiger charge is -2.24. The zero-order chi connectivity index (χ0) is 16.2. The fourth-order valence-corrected chi connectivity index (χ4v) is 3.80. The van der Waals surface area contributed by atoms with E-state index >= 15 is 0 Å². The van der Waals surface area contributed by atoms with E-state index in [2.05, 4.69) is 11.4 Å². The highest BCUT2D eigenvalue weighted by atomic mass is 32.1. The van der Waals surface area contributed by atoms with Crippen molar-refractivity contribution < 1.29 is 13.9 Å². The van der Waals surface area contributed by atoms with Crippen LogP contribution in [0.3, 0.4) is 0 Å². The molecule has 1 atom stereocenters. The SMILES string of the molecule is COc1cc(F)ccc1NCC(=O)N1CCCC1c1cccs1. The number of carbonyl (C=O) groups excluding carboxylic acids is 1. The average molecular weight is 334 g/mol. The Bertz CT molecular complexity index is 675. The second-order valence-electron chi connectivity index (χ2n) is 5.46. The van der Waals surface area contributed by atoms with Crippen LogP contribution in [0, 0.1) is 5.82 Å². The highest BCUT2D eigenvalue weighted by Crippen LogP contribution is 2.34. The summed E-state index contributed by atoms with van der Waals surface area (Å²) in [6.45, 7) is 0.952. The van der Waals surface area contributed by atoms with Crippen molar-refractivity contribution in [1.29, 1.82) is 0 Å². The van der Waals surface area contributed by atoms with Gasteiger partial charge in [0.1, 0.15) is 11.6 Å². The molecule has 0 saturated carbocycles. The molecule has 1 aliphatic rings. The number of thiophene rings is 1. The smallest absolute Gasteiger partial charge is 0.242 e. The maximum Gasteiger partial charge on any atom is 0.242 e. The zero-order valence-electron chi connectivity index (χ0n) is 12.9. The number of nitrogens with zero attached hydrogens (tertiary/aromatic N) is 1. The fourth-order valence-electron chi connectivity index (χ4n) is 2.93. The summed E-state index contributed by atoms with van der Waals surface area (Å²) in [6.07, 6.45) is 2.03. The minimum Gasteiger partial charge on any atom is -0.494 e. The topological polar surface area (TPSA) is 41.6 Å². The van der Waals surface area contributed by atoms with Crippen molar-refractivity contribution >= 4 is 22.9 Å². The number of benzene rings is 1. The summed E-state index contributed by atoms with van der Waals surface area (Å²) in [5, 5.41) is 5.09. The number of nitrogens with one attached hydrogen (secondary N) is 1. The van der Waals surface area contributed by atoms with E-state index in [-0.39, 0.29) is 24.3 Å². The van der Waals surface area contributed by atoms with Gasteiger partial charge in [0, 0.05) is 17.5 Å². The normalized spacial score (nSPS) is 17.3. The van der Waals surface area contributed by atoms with E-state index in [1.54, 1.807) is 17.4 Å². The molecule has 0 spiro atoms. The second-order valence-corrected chi connectivity index (χ2v) is 6.44. The number of hydrogen-bond donors (Lipinski definition) is 1. The van der Waals surface area contributed by atoms with Gasteiger partial charge in [-0.05, 0) is 36.4 Å². The Labute approximate surface area is 138 Å². The van der Waals surface area contributed by atoms with Crippen molar-refractivity contribution in [3.63, 3.8) is 0 Å². The molecule has 1 aromatic heterocycles. The molecule has 1 aliphatic heterocycles. The molecule has 23 heavy (non-hydrogen) atoms. The number of likely N-dealkylation sites (tertiary alicyclic amines) is 1. The summed E-state index contributed by atoms with van der Waals surface area (Å²) in [5.74, 6) is 0.0809. The largest absolute Gasteiger partial charge is 0.494 e. The molecule has 2 heterocycles. The summed E-state index contributed by atoms with van der Waals surface area (Å²) in [5.41, 5.74) is 0.620. The summed E-state index contributed by atoms with van der Waals surface area (Å²) in [6, 6.07) is 8.51. The monoisotopic (exact) mass is 334 g/mol. The minimum atomic E-state index is -0.365. The molecule has 3 rings (SSSR count). The fraction of sp³-hybridized carbons (Fsp3) is 0.353. The Balaban J connectivity index is 1.65. The van der Waals surface area contributed by atoms with E-state index < -0.39 is 0 Å². The third-order valence-electron chi connectivity index (χ3n) is 4.04. The van der Waals surface area contributed by atoms with Gasteiger partial charge in [-0.25, -0.2) is 4.39 Å². The Morgan fingerprint density at radius 2 is 2.35 bits per heavy atom. The van der Waals surface area contributed by atoms with Gasteiger partial charge < -0.3 is 15.0 Å². The van der Waals surface area contributed by atoms with Crippen LogP contribution in [0.25, 0.3) is 0 Å². The van der Waals surface area contributed by atoms with Crippen molar-refractivity contribution in [1.82, 2.24) is 4.90 Å². The zero-order valence-corrected chi connectivity index (χ0v) is 13.7. The van der Waals surface area contributed by atoms with E-state index in [0.29, 0.717) is 11.4 Å². The molecular formula is C17H19FN2O2S. The molecule has 2 aromatic rings. The van der Waals surface area contributed by atoms with E-state index in [1.165, 1.54) is 24.1 Å². The highest BCUT2D eigenvalue weighted by molar-refractivity contribution is 7.10. The number of halogens is 1. The number of methoxy groups -OCH3 is 1. The summed E-state index contributed by atoms with van der Waals surface area (Å²) in [4.78, 5) is 15.7. The Morgan fingerprint density at radius 1 is 1.48 bits per heavy atom. The molecule has 122 valence electrons. The number of rotatable bonds is 5. The molecule has 0 radical (unpaired) electrons. The lowest BCUT2D eigenvalue weighted by Crippen LogP contribution is -2.34. The molecule has 1 saturated heterocycles. The van der Waals surface area contributed by atoms with Gasteiger partial charge in [0.05, 0.1) is 25.4 Å². The first-order chi connectivity index (χ1) is 11.2. The van der Waals surface area contributed by atoms with E-state index in [0.717, 1.165) is 19.4 Å².